The maximum Gasteiger partial charge on any atom is 0.228 e. The van der Waals surface area contributed by atoms with Crippen LogP contribution in [0.5, 0.6) is 11.6 Å². The van der Waals surface area contributed by atoms with Crippen LogP contribution in [0.4, 0.5) is 10.3 Å². The molecule has 2 heterocycles. The monoisotopic (exact) mass is 329 g/mol. The average molecular weight is 329 g/mol. The molecule has 0 bridgehead atoms. The van der Waals surface area contributed by atoms with Gasteiger partial charge in [-0.2, -0.15) is 4.98 Å². The second-order valence-corrected chi connectivity index (χ2v) is 5.88. The standard InChI is InChI=1S/C17H16FN3OS/c1-2-21(12-15-4-3-11-23-15)17-19-10-9-16(20-17)22-14-7-5-13(18)6-8-14/h3-11H,2,12H2,1H3. The minimum atomic E-state index is -0.297. The van der Waals surface area contributed by atoms with Crippen LogP contribution < -0.4 is 9.64 Å². The van der Waals surface area contributed by atoms with E-state index < -0.39 is 0 Å². The fourth-order valence-electron chi connectivity index (χ4n) is 2.08. The van der Waals surface area contributed by atoms with Gasteiger partial charge in [-0.25, -0.2) is 9.37 Å². The Morgan fingerprint density at radius 3 is 2.70 bits per heavy atom. The van der Waals surface area contributed by atoms with Crippen LogP contribution in [0.2, 0.25) is 0 Å². The van der Waals surface area contributed by atoms with Gasteiger partial charge in [0.1, 0.15) is 11.6 Å². The van der Waals surface area contributed by atoms with Gasteiger partial charge in [0.15, 0.2) is 0 Å². The lowest BCUT2D eigenvalue weighted by Gasteiger charge is -2.20. The summed E-state index contributed by atoms with van der Waals surface area (Å²) in [6.45, 7) is 3.61. The van der Waals surface area contributed by atoms with Gasteiger partial charge in [-0.15, -0.1) is 11.3 Å². The van der Waals surface area contributed by atoms with Crippen molar-refractivity contribution < 1.29 is 9.13 Å². The van der Waals surface area contributed by atoms with Crippen molar-refractivity contribution in [2.24, 2.45) is 0 Å². The molecule has 3 rings (SSSR count). The van der Waals surface area contributed by atoms with Crippen LogP contribution in [0.25, 0.3) is 0 Å². The van der Waals surface area contributed by atoms with Crippen molar-refractivity contribution in [3.05, 3.63) is 64.7 Å². The Hall–Kier alpha value is -2.47. The Kier molecular flexibility index (Phi) is 4.83. The van der Waals surface area contributed by atoms with Crippen LogP contribution >= 0.6 is 11.3 Å². The van der Waals surface area contributed by atoms with Crippen molar-refractivity contribution in [3.8, 4) is 11.6 Å². The van der Waals surface area contributed by atoms with E-state index in [2.05, 4.69) is 33.2 Å². The fourth-order valence-corrected chi connectivity index (χ4v) is 2.80. The highest BCUT2D eigenvalue weighted by atomic mass is 32.1. The zero-order chi connectivity index (χ0) is 16.1. The van der Waals surface area contributed by atoms with Crippen molar-refractivity contribution in [1.82, 2.24) is 9.97 Å². The third kappa shape index (κ3) is 4.04. The molecule has 0 saturated heterocycles. The van der Waals surface area contributed by atoms with E-state index in [0.717, 1.165) is 13.1 Å². The lowest BCUT2D eigenvalue weighted by Crippen LogP contribution is -2.23. The molecule has 3 aromatic rings. The molecule has 0 spiro atoms. The van der Waals surface area contributed by atoms with E-state index in [-0.39, 0.29) is 5.82 Å². The lowest BCUT2D eigenvalue weighted by molar-refractivity contribution is 0.459. The molecule has 0 aliphatic rings. The first-order valence-electron chi connectivity index (χ1n) is 7.28. The van der Waals surface area contributed by atoms with Gasteiger partial charge in [-0.3, -0.25) is 0 Å². The highest BCUT2D eigenvalue weighted by Gasteiger charge is 2.10. The topological polar surface area (TPSA) is 38.2 Å². The molecule has 118 valence electrons. The van der Waals surface area contributed by atoms with Gasteiger partial charge in [0.25, 0.3) is 0 Å². The Bertz CT molecular complexity index is 747. The number of benzene rings is 1. The lowest BCUT2D eigenvalue weighted by atomic mass is 10.3. The predicted molar refractivity (Wildman–Crippen MR) is 89.5 cm³/mol. The molecular formula is C17H16FN3OS. The number of hydrogen-bond acceptors (Lipinski definition) is 5. The number of anilines is 1. The maximum atomic E-state index is 12.9. The Labute approximate surface area is 138 Å². The molecule has 1 aromatic carbocycles. The first-order chi connectivity index (χ1) is 11.2. The third-order valence-corrected chi connectivity index (χ3v) is 4.11. The van der Waals surface area contributed by atoms with Crippen molar-refractivity contribution >= 4 is 17.3 Å². The third-order valence-electron chi connectivity index (χ3n) is 3.24. The molecule has 4 nitrogen and oxygen atoms in total. The Morgan fingerprint density at radius 1 is 1.17 bits per heavy atom. The van der Waals surface area contributed by atoms with Gasteiger partial charge < -0.3 is 9.64 Å². The van der Waals surface area contributed by atoms with E-state index >= 15 is 0 Å². The summed E-state index contributed by atoms with van der Waals surface area (Å²) in [6.07, 6.45) is 1.66. The van der Waals surface area contributed by atoms with Crippen LogP contribution in [0.1, 0.15) is 11.8 Å². The smallest absolute Gasteiger partial charge is 0.228 e. The minimum absolute atomic E-state index is 0.297. The number of ether oxygens (including phenoxy) is 1. The van der Waals surface area contributed by atoms with E-state index in [9.17, 15) is 4.39 Å². The number of halogens is 1. The van der Waals surface area contributed by atoms with E-state index in [1.165, 1.54) is 17.0 Å². The minimum Gasteiger partial charge on any atom is -0.439 e. The van der Waals surface area contributed by atoms with Gasteiger partial charge in [-0.05, 0) is 42.6 Å². The van der Waals surface area contributed by atoms with E-state index in [4.69, 9.17) is 4.74 Å². The molecule has 2 aromatic heterocycles. The van der Waals surface area contributed by atoms with E-state index in [1.807, 2.05) is 6.07 Å². The maximum absolute atomic E-state index is 12.9. The van der Waals surface area contributed by atoms with Crippen molar-refractivity contribution in [3.63, 3.8) is 0 Å². The largest absolute Gasteiger partial charge is 0.439 e. The Balaban J connectivity index is 1.76. The number of thiophene rings is 1. The summed E-state index contributed by atoms with van der Waals surface area (Å²) < 4.78 is 18.6. The molecule has 0 unspecified atom stereocenters. The van der Waals surface area contributed by atoms with Crippen LogP contribution in [-0.2, 0) is 6.54 Å². The molecular weight excluding hydrogens is 313 g/mol. The summed E-state index contributed by atoms with van der Waals surface area (Å²) in [5, 5.41) is 2.05. The normalized spacial score (nSPS) is 10.5. The number of nitrogens with zero attached hydrogens (tertiary/aromatic N) is 3. The molecule has 0 fully saturated rings. The van der Waals surface area contributed by atoms with Crippen LogP contribution in [-0.4, -0.2) is 16.5 Å². The summed E-state index contributed by atoms with van der Waals surface area (Å²) in [5.41, 5.74) is 0. The zero-order valence-corrected chi connectivity index (χ0v) is 13.5. The van der Waals surface area contributed by atoms with Gasteiger partial charge in [0.2, 0.25) is 11.8 Å². The Morgan fingerprint density at radius 2 is 2.00 bits per heavy atom. The SMILES string of the molecule is CCN(Cc1cccs1)c1nccc(Oc2ccc(F)cc2)n1. The summed E-state index contributed by atoms with van der Waals surface area (Å²) >= 11 is 1.71. The van der Waals surface area contributed by atoms with Crippen molar-refractivity contribution in [2.45, 2.75) is 13.5 Å². The van der Waals surface area contributed by atoms with E-state index in [0.29, 0.717) is 17.6 Å². The molecule has 0 amide bonds. The highest BCUT2D eigenvalue weighted by molar-refractivity contribution is 7.09. The molecule has 6 heteroatoms. The molecule has 0 atom stereocenters. The summed E-state index contributed by atoms with van der Waals surface area (Å²) in [6, 6.07) is 11.7. The van der Waals surface area contributed by atoms with Crippen molar-refractivity contribution in [1.29, 1.82) is 0 Å². The first kappa shape index (κ1) is 15.4. The average Bonchev–Trinajstić information content (AvgIpc) is 3.08. The summed E-state index contributed by atoms with van der Waals surface area (Å²) in [4.78, 5) is 12.1. The number of aromatic nitrogens is 2. The summed E-state index contributed by atoms with van der Waals surface area (Å²) in [5.74, 6) is 1.29. The second kappa shape index (κ2) is 7.19. The van der Waals surface area contributed by atoms with Crippen LogP contribution in [0.15, 0.2) is 54.0 Å². The van der Waals surface area contributed by atoms with Gasteiger partial charge >= 0.3 is 0 Å². The van der Waals surface area contributed by atoms with Gasteiger partial charge in [-0.1, -0.05) is 6.07 Å². The number of rotatable bonds is 6. The molecule has 0 N–H and O–H groups in total. The quantitative estimate of drug-likeness (QED) is 0.667. The molecule has 0 aliphatic heterocycles. The highest BCUT2D eigenvalue weighted by Crippen LogP contribution is 2.22. The molecule has 0 saturated carbocycles. The van der Waals surface area contributed by atoms with Crippen molar-refractivity contribution in [2.75, 3.05) is 11.4 Å². The second-order valence-electron chi connectivity index (χ2n) is 4.84. The first-order valence-corrected chi connectivity index (χ1v) is 8.16. The van der Waals surface area contributed by atoms with E-state index in [1.54, 1.807) is 35.7 Å². The summed E-state index contributed by atoms with van der Waals surface area (Å²) in [7, 11) is 0. The van der Waals surface area contributed by atoms with Gasteiger partial charge in [0, 0.05) is 23.7 Å². The molecule has 0 aliphatic carbocycles. The molecule has 23 heavy (non-hydrogen) atoms. The molecule has 0 radical (unpaired) electrons. The van der Waals surface area contributed by atoms with Gasteiger partial charge in [0.05, 0.1) is 6.54 Å². The predicted octanol–water partition coefficient (Wildman–Crippen LogP) is 4.50. The van der Waals surface area contributed by atoms with Crippen LogP contribution in [0, 0.1) is 5.82 Å². The fraction of sp³-hybridized carbons (Fsp3) is 0.176. The van der Waals surface area contributed by atoms with Crippen LogP contribution in [0.3, 0.4) is 0 Å². The number of hydrogen-bond donors (Lipinski definition) is 0. The zero-order valence-electron chi connectivity index (χ0n) is 12.6.